The third-order valence-electron chi connectivity index (χ3n) is 4.21. The lowest BCUT2D eigenvalue weighted by Crippen LogP contribution is -2.47. The van der Waals surface area contributed by atoms with Gasteiger partial charge in [-0.1, -0.05) is 18.2 Å². The quantitative estimate of drug-likeness (QED) is 0.853. The van der Waals surface area contributed by atoms with Crippen LogP contribution in [0, 0.1) is 0 Å². The first-order valence-corrected chi connectivity index (χ1v) is 10.0. The maximum absolute atomic E-state index is 12.2. The number of nitrogens with one attached hydrogen (secondary N) is 1. The van der Waals surface area contributed by atoms with E-state index in [1.807, 2.05) is 18.2 Å². The fourth-order valence-corrected chi connectivity index (χ4v) is 3.86. The van der Waals surface area contributed by atoms with Crippen molar-refractivity contribution in [3.63, 3.8) is 0 Å². The minimum absolute atomic E-state index is 0.0261. The zero-order valence-corrected chi connectivity index (χ0v) is 14.9. The van der Waals surface area contributed by atoms with Gasteiger partial charge in [0.2, 0.25) is 5.91 Å². The first kappa shape index (κ1) is 18.1. The summed E-state index contributed by atoms with van der Waals surface area (Å²) in [5.41, 5.74) is 2.15. The fraction of sp³-hybridized carbons (Fsp3) is 0.278. The van der Waals surface area contributed by atoms with Crippen LogP contribution in [-0.4, -0.2) is 61.3 Å². The number of carbonyl (C=O) groups is 2. The van der Waals surface area contributed by atoms with Crippen LogP contribution in [0.15, 0.2) is 48.7 Å². The van der Waals surface area contributed by atoms with Gasteiger partial charge in [-0.3, -0.25) is 14.6 Å². The van der Waals surface area contributed by atoms with Gasteiger partial charge < -0.3 is 10.2 Å². The summed E-state index contributed by atoms with van der Waals surface area (Å²) in [6.45, 7) is 0.201. The van der Waals surface area contributed by atoms with E-state index in [1.165, 1.54) is 4.90 Å². The molecule has 2 aromatic rings. The molecule has 136 valence electrons. The molecule has 1 N–H and O–H groups in total. The molecule has 1 fully saturated rings. The van der Waals surface area contributed by atoms with Crippen LogP contribution in [0.4, 0.5) is 0 Å². The van der Waals surface area contributed by atoms with Crippen LogP contribution >= 0.6 is 0 Å². The number of carbonyl (C=O) groups excluding carboxylic acids is 2. The Morgan fingerprint density at radius 1 is 1.04 bits per heavy atom. The summed E-state index contributed by atoms with van der Waals surface area (Å²) in [6, 6.07) is 12.6. The molecule has 8 heteroatoms. The number of aromatic nitrogens is 1. The maximum atomic E-state index is 12.2. The van der Waals surface area contributed by atoms with E-state index in [2.05, 4.69) is 10.3 Å². The molecule has 1 aliphatic rings. The Hall–Kier alpha value is -2.74. The van der Waals surface area contributed by atoms with Crippen LogP contribution in [0.2, 0.25) is 0 Å². The Bertz CT molecular complexity index is 882. The SMILES string of the molecule is O=C(NCC(=O)N1CCS(=O)(=O)CC1)c1ccc(-c2ccccn2)cc1. The van der Waals surface area contributed by atoms with Gasteiger partial charge in [0.15, 0.2) is 9.84 Å². The molecule has 0 aliphatic carbocycles. The van der Waals surface area contributed by atoms with Crippen molar-refractivity contribution in [3.8, 4) is 11.3 Å². The minimum atomic E-state index is -3.04. The Kier molecular flexibility index (Phi) is 5.32. The maximum Gasteiger partial charge on any atom is 0.251 e. The second-order valence-corrected chi connectivity index (χ2v) is 8.31. The topological polar surface area (TPSA) is 96.4 Å². The molecule has 2 heterocycles. The van der Waals surface area contributed by atoms with Crippen LogP contribution in [0.5, 0.6) is 0 Å². The Morgan fingerprint density at radius 2 is 1.73 bits per heavy atom. The lowest BCUT2D eigenvalue weighted by Gasteiger charge is -2.26. The fourth-order valence-electron chi connectivity index (χ4n) is 2.66. The number of amides is 2. The van der Waals surface area contributed by atoms with E-state index in [0.29, 0.717) is 5.56 Å². The third-order valence-corrected chi connectivity index (χ3v) is 5.81. The summed E-state index contributed by atoms with van der Waals surface area (Å²) in [6.07, 6.45) is 1.70. The normalized spacial score (nSPS) is 16.1. The van der Waals surface area contributed by atoms with Crippen molar-refractivity contribution in [1.82, 2.24) is 15.2 Å². The predicted molar refractivity (Wildman–Crippen MR) is 97.2 cm³/mol. The lowest BCUT2D eigenvalue weighted by atomic mass is 10.1. The van der Waals surface area contributed by atoms with Gasteiger partial charge >= 0.3 is 0 Å². The highest BCUT2D eigenvalue weighted by molar-refractivity contribution is 7.91. The number of pyridine rings is 1. The molecule has 1 aromatic carbocycles. The molecule has 0 saturated carbocycles. The number of hydrogen-bond donors (Lipinski definition) is 1. The number of sulfone groups is 1. The highest BCUT2D eigenvalue weighted by atomic mass is 32.2. The second kappa shape index (κ2) is 7.65. The molecule has 3 rings (SSSR count). The average molecular weight is 373 g/mol. The molecule has 2 amide bonds. The van der Waals surface area contributed by atoms with Gasteiger partial charge in [-0.15, -0.1) is 0 Å². The van der Waals surface area contributed by atoms with Crippen molar-refractivity contribution in [3.05, 3.63) is 54.2 Å². The minimum Gasteiger partial charge on any atom is -0.343 e. The summed E-state index contributed by atoms with van der Waals surface area (Å²) in [5.74, 6) is -0.683. The summed E-state index contributed by atoms with van der Waals surface area (Å²) in [5, 5.41) is 2.58. The van der Waals surface area contributed by atoms with E-state index in [4.69, 9.17) is 0 Å². The van der Waals surface area contributed by atoms with Crippen LogP contribution < -0.4 is 5.32 Å². The van der Waals surface area contributed by atoms with E-state index in [9.17, 15) is 18.0 Å². The van der Waals surface area contributed by atoms with E-state index < -0.39 is 9.84 Å². The molecule has 0 radical (unpaired) electrons. The van der Waals surface area contributed by atoms with Gasteiger partial charge in [0.05, 0.1) is 23.7 Å². The van der Waals surface area contributed by atoms with Crippen molar-refractivity contribution >= 4 is 21.7 Å². The smallest absolute Gasteiger partial charge is 0.251 e. The van der Waals surface area contributed by atoms with E-state index in [1.54, 1.807) is 30.5 Å². The van der Waals surface area contributed by atoms with Crippen LogP contribution in [0.25, 0.3) is 11.3 Å². The van der Waals surface area contributed by atoms with Crippen molar-refractivity contribution in [2.24, 2.45) is 0 Å². The van der Waals surface area contributed by atoms with Crippen molar-refractivity contribution in [2.75, 3.05) is 31.1 Å². The predicted octanol–water partition coefficient (Wildman–Crippen LogP) is 0.735. The summed E-state index contributed by atoms with van der Waals surface area (Å²) >= 11 is 0. The van der Waals surface area contributed by atoms with Gasteiger partial charge in [-0.05, 0) is 24.3 Å². The largest absolute Gasteiger partial charge is 0.343 e. The monoisotopic (exact) mass is 373 g/mol. The molecule has 26 heavy (non-hydrogen) atoms. The molecule has 0 spiro atoms. The number of nitrogens with zero attached hydrogens (tertiary/aromatic N) is 2. The molecule has 0 bridgehead atoms. The number of benzene rings is 1. The molecule has 0 atom stereocenters. The van der Waals surface area contributed by atoms with Crippen LogP contribution in [-0.2, 0) is 14.6 Å². The molecule has 1 aliphatic heterocycles. The van der Waals surface area contributed by atoms with Gasteiger partial charge in [0.1, 0.15) is 0 Å². The second-order valence-electron chi connectivity index (χ2n) is 6.01. The zero-order valence-electron chi connectivity index (χ0n) is 14.1. The highest BCUT2D eigenvalue weighted by Crippen LogP contribution is 2.16. The standard InChI is InChI=1S/C18H19N3O4S/c22-17(21-9-11-26(24,25)12-10-21)13-20-18(23)15-6-4-14(5-7-15)16-3-1-2-8-19-16/h1-8H,9-13H2,(H,20,23). The van der Waals surface area contributed by atoms with Gasteiger partial charge in [-0.25, -0.2) is 8.42 Å². The zero-order chi connectivity index (χ0) is 18.6. The highest BCUT2D eigenvalue weighted by Gasteiger charge is 2.25. The van der Waals surface area contributed by atoms with Crippen LogP contribution in [0.1, 0.15) is 10.4 Å². The Morgan fingerprint density at radius 3 is 2.35 bits per heavy atom. The van der Waals surface area contributed by atoms with Crippen LogP contribution in [0.3, 0.4) is 0 Å². The first-order chi connectivity index (χ1) is 12.4. The lowest BCUT2D eigenvalue weighted by molar-refractivity contribution is -0.129. The van der Waals surface area contributed by atoms with Crippen molar-refractivity contribution < 1.29 is 18.0 Å². The van der Waals surface area contributed by atoms with E-state index in [-0.39, 0.29) is 43.0 Å². The summed E-state index contributed by atoms with van der Waals surface area (Å²) in [7, 11) is -3.04. The average Bonchev–Trinajstić information content (AvgIpc) is 2.66. The third kappa shape index (κ3) is 4.45. The molecule has 1 aromatic heterocycles. The Balaban J connectivity index is 1.54. The number of rotatable bonds is 4. The van der Waals surface area contributed by atoms with Gasteiger partial charge in [-0.2, -0.15) is 0 Å². The number of hydrogen-bond acceptors (Lipinski definition) is 5. The molecule has 0 unspecified atom stereocenters. The molecule has 7 nitrogen and oxygen atoms in total. The summed E-state index contributed by atoms with van der Waals surface area (Å²) < 4.78 is 22.8. The van der Waals surface area contributed by atoms with E-state index in [0.717, 1.165) is 11.3 Å². The van der Waals surface area contributed by atoms with E-state index >= 15 is 0 Å². The molecule has 1 saturated heterocycles. The first-order valence-electron chi connectivity index (χ1n) is 8.22. The van der Waals surface area contributed by atoms with Gasteiger partial charge in [0.25, 0.3) is 5.91 Å². The molecular formula is C18H19N3O4S. The molecular weight excluding hydrogens is 354 g/mol. The Labute approximate surface area is 152 Å². The summed E-state index contributed by atoms with van der Waals surface area (Å²) in [4.78, 5) is 30.0. The van der Waals surface area contributed by atoms with Crippen molar-refractivity contribution in [2.45, 2.75) is 0 Å². The van der Waals surface area contributed by atoms with Crippen molar-refractivity contribution in [1.29, 1.82) is 0 Å². The van der Waals surface area contributed by atoms with Gasteiger partial charge in [0, 0.05) is 30.4 Å².